The van der Waals surface area contributed by atoms with Crippen molar-refractivity contribution in [3.8, 4) is 0 Å². The van der Waals surface area contributed by atoms with Crippen molar-refractivity contribution in [3.05, 3.63) is 82.9 Å². The maximum Gasteiger partial charge on any atom is 0.304 e. The second-order valence-electron chi connectivity index (χ2n) is 9.08. The zero-order valence-electron chi connectivity index (χ0n) is 21.7. The highest BCUT2D eigenvalue weighted by Crippen LogP contribution is 2.26. The number of hydrogen-bond acceptors (Lipinski definition) is 5. The molecule has 0 atom stereocenters. The van der Waals surface area contributed by atoms with E-state index in [2.05, 4.69) is 10.0 Å². The van der Waals surface area contributed by atoms with Gasteiger partial charge in [-0.05, 0) is 80.8 Å². The minimum Gasteiger partial charge on any atom is -0.325 e. The smallest absolute Gasteiger partial charge is 0.304 e. The Balaban J connectivity index is 1.79. The van der Waals surface area contributed by atoms with Crippen molar-refractivity contribution >= 4 is 43.2 Å². The lowest BCUT2D eigenvalue weighted by molar-refractivity contribution is -0.114. The summed E-state index contributed by atoms with van der Waals surface area (Å²) in [7, 11) is -5.01. The lowest BCUT2D eigenvalue weighted by atomic mass is 10.1. The summed E-state index contributed by atoms with van der Waals surface area (Å²) in [6.45, 7) is 6.90. The van der Waals surface area contributed by atoms with Crippen molar-refractivity contribution in [2.45, 2.75) is 32.6 Å². The molecule has 2 N–H and O–H groups in total. The summed E-state index contributed by atoms with van der Waals surface area (Å²) in [5.41, 5.74) is 4.60. The van der Waals surface area contributed by atoms with Crippen molar-refractivity contribution < 1.29 is 21.6 Å². The highest BCUT2D eigenvalue weighted by atomic mass is 32.2. The zero-order chi connectivity index (χ0) is 27.5. The summed E-state index contributed by atoms with van der Waals surface area (Å²) >= 11 is 0. The predicted octanol–water partition coefficient (Wildman–Crippen LogP) is 3.97. The van der Waals surface area contributed by atoms with E-state index in [1.807, 2.05) is 39.0 Å². The van der Waals surface area contributed by atoms with Crippen molar-refractivity contribution in [2.75, 3.05) is 35.0 Å². The third kappa shape index (κ3) is 6.68. The first-order valence-corrected chi connectivity index (χ1v) is 14.4. The summed E-state index contributed by atoms with van der Waals surface area (Å²) in [5.74, 6) is -0.574. The minimum absolute atomic E-state index is 0.0256. The van der Waals surface area contributed by atoms with Crippen LogP contribution in [0.5, 0.6) is 0 Å². The van der Waals surface area contributed by atoms with Crippen LogP contribution in [0.1, 0.15) is 22.3 Å². The fourth-order valence-corrected chi connectivity index (χ4v) is 5.91. The molecule has 11 heteroatoms. The lowest BCUT2D eigenvalue weighted by Crippen LogP contribution is -2.44. The number of rotatable bonds is 9. The Morgan fingerprint density at radius 2 is 1.38 bits per heavy atom. The lowest BCUT2D eigenvalue weighted by Gasteiger charge is -2.28. The average molecular weight is 545 g/mol. The summed E-state index contributed by atoms with van der Waals surface area (Å²) in [6, 6.07) is 16.5. The molecule has 0 bridgehead atoms. The van der Waals surface area contributed by atoms with E-state index in [0.29, 0.717) is 22.6 Å². The van der Waals surface area contributed by atoms with Gasteiger partial charge < -0.3 is 5.32 Å². The molecule has 3 aromatic rings. The molecule has 0 heterocycles. The fraction of sp³-hybridized carbons (Fsp3) is 0.269. The third-order valence-electron chi connectivity index (χ3n) is 5.74. The van der Waals surface area contributed by atoms with E-state index in [-0.39, 0.29) is 4.90 Å². The van der Waals surface area contributed by atoms with Gasteiger partial charge in [0.25, 0.3) is 10.0 Å². The van der Waals surface area contributed by atoms with Crippen molar-refractivity contribution in [3.63, 3.8) is 0 Å². The van der Waals surface area contributed by atoms with Crippen molar-refractivity contribution in [1.82, 2.24) is 4.31 Å². The van der Waals surface area contributed by atoms with Gasteiger partial charge in [-0.3, -0.25) is 9.52 Å². The Labute approximate surface area is 219 Å². The second kappa shape index (κ2) is 10.9. The number of sulfonamides is 1. The molecule has 0 unspecified atom stereocenters. The van der Waals surface area contributed by atoms with Crippen LogP contribution >= 0.6 is 0 Å². The standard InChI is InChI=1S/C26H32N4O5S2/c1-18-8-14-24(21(4)15-18)28-36(32,33)23-12-10-22(11-13-23)27-26(31)17-30(37(34,35)29(5)6)25-16-19(2)7-9-20(25)3/h7-16,28H,17H2,1-6H3,(H,27,31). The SMILES string of the molecule is Cc1ccc(NS(=O)(=O)c2ccc(NC(=O)CN(c3cc(C)ccc3C)S(=O)(=O)N(C)C)cc2)c(C)c1. The Morgan fingerprint density at radius 3 is 1.97 bits per heavy atom. The van der Waals surface area contributed by atoms with Crippen molar-refractivity contribution in [2.24, 2.45) is 0 Å². The molecule has 3 rings (SSSR count). The van der Waals surface area contributed by atoms with E-state index in [9.17, 15) is 21.6 Å². The van der Waals surface area contributed by atoms with E-state index < -0.39 is 32.7 Å². The molecule has 3 aromatic carbocycles. The number of benzene rings is 3. The highest BCUT2D eigenvalue weighted by Gasteiger charge is 2.28. The molecular formula is C26H32N4O5S2. The van der Waals surface area contributed by atoms with Gasteiger partial charge >= 0.3 is 10.2 Å². The molecule has 0 aromatic heterocycles. The molecule has 0 aliphatic carbocycles. The molecule has 0 saturated heterocycles. The number of nitrogens with one attached hydrogen (secondary N) is 2. The van der Waals surface area contributed by atoms with Crippen LogP contribution in [0.4, 0.5) is 17.1 Å². The van der Waals surface area contributed by atoms with Crippen molar-refractivity contribution in [1.29, 1.82) is 0 Å². The quantitative estimate of drug-likeness (QED) is 0.423. The number of aryl methyl sites for hydroxylation is 4. The summed E-state index contributed by atoms with van der Waals surface area (Å²) < 4.78 is 56.4. The fourth-order valence-electron chi connectivity index (χ4n) is 3.66. The van der Waals surface area contributed by atoms with E-state index in [4.69, 9.17) is 0 Å². The van der Waals surface area contributed by atoms with Crippen LogP contribution in [0.3, 0.4) is 0 Å². The Bertz CT molecular complexity index is 1520. The van der Waals surface area contributed by atoms with Crippen LogP contribution in [-0.2, 0) is 25.0 Å². The first-order valence-electron chi connectivity index (χ1n) is 11.5. The summed E-state index contributed by atoms with van der Waals surface area (Å²) in [6.07, 6.45) is 0. The molecule has 0 fully saturated rings. The molecular weight excluding hydrogens is 512 g/mol. The first-order chi connectivity index (χ1) is 17.2. The minimum atomic E-state index is -3.96. The van der Waals surface area contributed by atoms with Gasteiger partial charge in [0.1, 0.15) is 6.54 Å². The summed E-state index contributed by atoms with van der Waals surface area (Å²) in [4.78, 5) is 12.9. The molecule has 198 valence electrons. The molecule has 0 aliphatic heterocycles. The molecule has 1 amide bonds. The number of nitrogens with zero attached hydrogens (tertiary/aromatic N) is 2. The molecule has 0 spiro atoms. The van der Waals surface area contributed by atoms with Gasteiger partial charge in [-0.25, -0.2) is 12.7 Å². The van der Waals surface area contributed by atoms with Gasteiger partial charge in [0.15, 0.2) is 0 Å². The maximum atomic E-state index is 13.0. The normalized spacial score (nSPS) is 11.9. The van der Waals surface area contributed by atoms with Gasteiger partial charge in [-0.15, -0.1) is 0 Å². The van der Waals surface area contributed by atoms with E-state index in [1.54, 1.807) is 25.1 Å². The third-order valence-corrected chi connectivity index (χ3v) is 8.92. The zero-order valence-corrected chi connectivity index (χ0v) is 23.4. The molecule has 37 heavy (non-hydrogen) atoms. The Morgan fingerprint density at radius 1 is 0.784 bits per heavy atom. The first kappa shape index (κ1) is 28.2. The van der Waals surface area contributed by atoms with Gasteiger partial charge in [-0.2, -0.15) is 12.7 Å². The number of anilines is 3. The number of hydrogen-bond donors (Lipinski definition) is 2. The number of carbonyl (C=O) groups excluding carboxylic acids is 1. The van der Waals surface area contributed by atoms with Crippen LogP contribution in [-0.4, -0.2) is 47.7 Å². The molecule has 0 saturated carbocycles. The maximum absolute atomic E-state index is 13.0. The van der Waals surface area contributed by atoms with Crippen LogP contribution in [0.2, 0.25) is 0 Å². The van der Waals surface area contributed by atoms with Gasteiger partial charge in [0.05, 0.1) is 16.3 Å². The monoisotopic (exact) mass is 544 g/mol. The number of carbonyl (C=O) groups is 1. The van der Waals surface area contributed by atoms with Crippen LogP contribution in [0.25, 0.3) is 0 Å². The number of amides is 1. The Kier molecular flexibility index (Phi) is 8.31. The molecule has 9 nitrogen and oxygen atoms in total. The van der Waals surface area contributed by atoms with Crippen LogP contribution in [0.15, 0.2) is 65.6 Å². The van der Waals surface area contributed by atoms with E-state index >= 15 is 0 Å². The largest absolute Gasteiger partial charge is 0.325 e. The predicted molar refractivity (Wildman–Crippen MR) is 148 cm³/mol. The molecule has 0 radical (unpaired) electrons. The second-order valence-corrected chi connectivity index (χ2v) is 12.8. The van der Waals surface area contributed by atoms with E-state index in [1.165, 1.54) is 38.4 Å². The van der Waals surface area contributed by atoms with Gasteiger partial charge in [0.2, 0.25) is 5.91 Å². The average Bonchev–Trinajstić information content (AvgIpc) is 2.81. The van der Waals surface area contributed by atoms with Crippen LogP contribution < -0.4 is 14.3 Å². The van der Waals surface area contributed by atoms with Crippen LogP contribution in [0, 0.1) is 27.7 Å². The summed E-state index contributed by atoms with van der Waals surface area (Å²) in [5, 5.41) is 2.65. The van der Waals surface area contributed by atoms with Gasteiger partial charge in [0, 0.05) is 19.8 Å². The molecule has 0 aliphatic rings. The van der Waals surface area contributed by atoms with Gasteiger partial charge in [-0.1, -0.05) is 29.8 Å². The highest BCUT2D eigenvalue weighted by molar-refractivity contribution is 7.92. The van der Waals surface area contributed by atoms with E-state index in [0.717, 1.165) is 25.3 Å². The topological polar surface area (TPSA) is 116 Å². The Hall–Kier alpha value is -3.41.